The summed E-state index contributed by atoms with van der Waals surface area (Å²) in [4.78, 5) is 17.0. The van der Waals surface area contributed by atoms with E-state index in [0.29, 0.717) is 11.7 Å². The first kappa shape index (κ1) is 34.6. The molecule has 11 heteroatoms. The van der Waals surface area contributed by atoms with Gasteiger partial charge in [0, 0.05) is 18.8 Å². The van der Waals surface area contributed by atoms with Gasteiger partial charge in [-0.2, -0.15) is 5.10 Å². The maximum Gasteiger partial charge on any atom is 0.177 e. The maximum atomic E-state index is 5.64. The second kappa shape index (κ2) is 16.4. The number of aryl methyl sites for hydroxylation is 5. The normalized spacial score (nSPS) is 10.6. The largest absolute Gasteiger partial charge is 1.00 e. The zero-order valence-corrected chi connectivity index (χ0v) is 28.9. The predicted octanol–water partition coefficient (Wildman–Crippen LogP) is 3.23. The summed E-state index contributed by atoms with van der Waals surface area (Å²) >= 11 is 5.64. The maximum absolute atomic E-state index is 5.64. The Balaban J connectivity index is 0.000000159. The number of halogens is 2. The van der Waals surface area contributed by atoms with Crippen LogP contribution in [-0.2, 0) is 12.3 Å². The molecule has 0 spiro atoms. The Labute approximate surface area is 282 Å². The molecule has 0 bridgehead atoms. The highest BCUT2D eigenvalue weighted by molar-refractivity contribution is 7.79. The molecular formula is C35H36Cl2N8P-. The van der Waals surface area contributed by atoms with Crippen LogP contribution in [0.2, 0.25) is 0 Å². The lowest BCUT2D eigenvalue weighted by Crippen LogP contribution is -3.00. The molecule has 7 rings (SSSR count). The summed E-state index contributed by atoms with van der Waals surface area (Å²) in [6.07, 6.45) is 4.45. The fraction of sp³-hybridized carbons (Fsp3) is 0.200. The van der Waals surface area contributed by atoms with Gasteiger partial charge in [-0.1, -0.05) is 97.9 Å². The Morgan fingerprint density at radius 2 is 0.957 bits per heavy atom. The van der Waals surface area contributed by atoms with Gasteiger partial charge in [-0.05, 0) is 51.5 Å². The first-order valence-electron chi connectivity index (χ1n) is 14.8. The van der Waals surface area contributed by atoms with Crippen LogP contribution in [0.4, 0.5) is 0 Å². The molecule has 0 aliphatic rings. The van der Waals surface area contributed by atoms with E-state index in [1.54, 1.807) is 10.7 Å². The number of aromatic nitrogens is 8. The first-order valence-corrected chi connectivity index (χ1v) is 16.6. The molecule has 236 valence electrons. The van der Waals surface area contributed by atoms with E-state index in [1.807, 2.05) is 45.3 Å². The molecule has 0 fully saturated rings. The number of fused-ring (bicyclic) bond motifs is 2. The smallest absolute Gasteiger partial charge is 0.177 e. The van der Waals surface area contributed by atoms with Gasteiger partial charge in [0.1, 0.15) is 0 Å². The molecule has 0 atom stereocenters. The summed E-state index contributed by atoms with van der Waals surface area (Å²) in [6.45, 7) is 9.82. The molecule has 0 unspecified atom stereocenters. The molecule has 0 saturated carbocycles. The number of nitrogens with zero attached hydrogens (tertiary/aromatic N) is 8. The van der Waals surface area contributed by atoms with Crippen LogP contribution in [0.5, 0.6) is 0 Å². The second-order valence-electron chi connectivity index (χ2n) is 10.3. The Morgan fingerprint density at radius 1 is 0.587 bits per heavy atom. The van der Waals surface area contributed by atoms with Crippen molar-refractivity contribution in [3.63, 3.8) is 0 Å². The zero-order valence-electron chi connectivity index (χ0n) is 26.5. The highest BCUT2D eigenvalue weighted by Crippen LogP contribution is 2.32. The van der Waals surface area contributed by atoms with Crippen molar-refractivity contribution >= 4 is 46.7 Å². The molecule has 0 aliphatic heterocycles. The standard InChI is InChI=1S/C18H15P.C9H12N4.C8H9ClN4.ClH/c1-4-10-16(11-5-1)19(17-12-6-2-7-13-17)18-14-8-3-9-15-18;1-4-8-11-9-7(3)10-5-6(2)13(9)12-8;1-5-4-10-6(2)8-11-7(3-9)12-13(5)8;/h1-15H;5H,4H2,1-3H3;4H,3H2,1-2H3;1H/p-1. The minimum absolute atomic E-state index is 0. The molecular weight excluding hydrogens is 634 g/mol. The van der Waals surface area contributed by atoms with Crippen LogP contribution in [0.3, 0.4) is 0 Å². The van der Waals surface area contributed by atoms with Crippen LogP contribution >= 0.6 is 19.5 Å². The van der Waals surface area contributed by atoms with Crippen molar-refractivity contribution < 1.29 is 12.4 Å². The molecule has 0 radical (unpaired) electrons. The Bertz CT molecular complexity index is 1720. The molecule has 46 heavy (non-hydrogen) atoms. The number of hydrogen-bond acceptors (Lipinski definition) is 6. The van der Waals surface area contributed by atoms with Crippen molar-refractivity contribution in [1.82, 2.24) is 39.2 Å². The highest BCUT2D eigenvalue weighted by atomic mass is 35.5. The number of benzene rings is 3. The van der Waals surface area contributed by atoms with Crippen LogP contribution in [-0.4, -0.2) is 39.2 Å². The Hall–Kier alpha value is -4.23. The molecule has 0 amide bonds. The first-order chi connectivity index (χ1) is 21.9. The van der Waals surface area contributed by atoms with E-state index >= 15 is 0 Å². The van der Waals surface area contributed by atoms with E-state index in [1.165, 1.54) is 15.9 Å². The summed E-state index contributed by atoms with van der Waals surface area (Å²) in [5.74, 6) is 1.85. The monoisotopic (exact) mass is 669 g/mol. The quantitative estimate of drug-likeness (QED) is 0.207. The lowest BCUT2D eigenvalue weighted by atomic mass is 10.4. The minimum Gasteiger partial charge on any atom is -1.00 e. The summed E-state index contributed by atoms with van der Waals surface area (Å²) in [7, 11) is -0.446. The van der Waals surface area contributed by atoms with Crippen molar-refractivity contribution in [2.45, 2.75) is 46.9 Å². The molecule has 0 saturated heterocycles. The van der Waals surface area contributed by atoms with Crippen LogP contribution in [0.15, 0.2) is 103 Å². The van der Waals surface area contributed by atoms with Crippen LogP contribution in [0.25, 0.3) is 11.3 Å². The summed E-state index contributed by atoms with van der Waals surface area (Å²) < 4.78 is 3.61. The Morgan fingerprint density at radius 3 is 1.30 bits per heavy atom. The van der Waals surface area contributed by atoms with E-state index in [9.17, 15) is 0 Å². The average molecular weight is 671 g/mol. The molecule has 8 nitrogen and oxygen atoms in total. The van der Waals surface area contributed by atoms with Gasteiger partial charge in [0.2, 0.25) is 0 Å². The summed E-state index contributed by atoms with van der Waals surface area (Å²) in [5, 5.41) is 12.8. The molecule has 7 aromatic rings. The van der Waals surface area contributed by atoms with Gasteiger partial charge in [0.05, 0.1) is 28.7 Å². The van der Waals surface area contributed by atoms with Gasteiger partial charge in [0.25, 0.3) is 0 Å². The van der Waals surface area contributed by atoms with Crippen molar-refractivity contribution in [2.75, 3.05) is 0 Å². The summed E-state index contributed by atoms with van der Waals surface area (Å²) in [5.41, 5.74) is 5.44. The van der Waals surface area contributed by atoms with Gasteiger partial charge in [0.15, 0.2) is 22.9 Å². The third-order valence-electron chi connectivity index (χ3n) is 6.99. The van der Waals surface area contributed by atoms with Crippen LogP contribution in [0, 0.1) is 27.7 Å². The van der Waals surface area contributed by atoms with Gasteiger partial charge >= 0.3 is 0 Å². The van der Waals surface area contributed by atoms with Gasteiger partial charge in [-0.3, -0.25) is 9.97 Å². The molecule has 4 heterocycles. The van der Waals surface area contributed by atoms with Crippen LogP contribution < -0.4 is 28.3 Å². The van der Waals surface area contributed by atoms with Gasteiger partial charge in [-0.25, -0.2) is 19.0 Å². The fourth-order valence-corrected chi connectivity index (χ4v) is 7.08. The number of hydrogen-bond donors (Lipinski definition) is 0. The molecule has 0 N–H and O–H groups in total. The van der Waals surface area contributed by atoms with Crippen molar-refractivity contribution in [2.24, 2.45) is 0 Å². The van der Waals surface area contributed by atoms with Crippen molar-refractivity contribution in [3.05, 3.63) is 138 Å². The third kappa shape index (κ3) is 8.13. The highest BCUT2D eigenvalue weighted by Gasteiger charge is 2.15. The Kier molecular flexibility index (Phi) is 12.3. The fourth-order valence-electron chi connectivity index (χ4n) is 4.66. The molecule has 4 aromatic heterocycles. The predicted molar refractivity (Wildman–Crippen MR) is 185 cm³/mol. The zero-order chi connectivity index (χ0) is 31.8. The SMILES string of the molecule is CCc1nc2c(C)ncc(C)n2n1.Cc1ncc(C)n2nc(CCl)nc12.[Cl-].c1ccc(P(c2ccccc2)c2ccccc2)cc1. The summed E-state index contributed by atoms with van der Waals surface area (Å²) in [6, 6.07) is 32.3. The number of rotatable bonds is 5. The molecule has 3 aromatic carbocycles. The topological polar surface area (TPSA) is 86.2 Å². The van der Waals surface area contributed by atoms with Gasteiger partial charge < -0.3 is 12.4 Å². The number of alkyl halides is 1. The average Bonchev–Trinajstić information content (AvgIpc) is 3.74. The van der Waals surface area contributed by atoms with Crippen molar-refractivity contribution in [1.29, 1.82) is 0 Å². The van der Waals surface area contributed by atoms with E-state index in [4.69, 9.17) is 11.6 Å². The minimum atomic E-state index is -0.446. The van der Waals surface area contributed by atoms with E-state index in [2.05, 4.69) is 121 Å². The van der Waals surface area contributed by atoms with Crippen molar-refractivity contribution in [3.8, 4) is 0 Å². The molecule has 0 aliphatic carbocycles. The lowest BCUT2D eigenvalue weighted by Gasteiger charge is -2.18. The van der Waals surface area contributed by atoms with E-state index in [-0.39, 0.29) is 12.4 Å². The van der Waals surface area contributed by atoms with Gasteiger partial charge in [-0.15, -0.1) is 16.7 Å². The second-order valence-corrected chi connectivity index (χ2v) is 12.8. The third-order valence-corrected chi connectivity index (χ3v) is 9.67. The lowest BCUT2D eigenvalue weighted by molar-refractivity contribution is -0.00000969. The van der Waals surface area contributed by atoms with Crippen LogP contribution in [0.1, 0.15) is 41.3 Å². The van der Waals surface area contributed by atoms with E-state index in [0.717, 1.165) is 46.3 Å². The van der Waals surface area contributed by atoms with E-state index < -0.39 is 7.92 Å².